The summed E-state index contributed by atoms with van der Waals surface area (Å²) >= 11 is 0. The minimum atomic E-state index is -3.57. The molecule has 1 aliphatic rings. The molecule has 0 saturated heterocycles. The Morgan fingerprint density at radius 3 is 2.81 bits per heavy atom. The molecule has 26 heavy (non-hydrogen) atoms. The Kier molecular flexibility index (Phi) is 4.22. The van der Waals surface area contributed by atoms with Crippen LogP contribution in [0.1, 0.15) is 23.1 Å². The third-order valence-corrected chi connectivity index (χ3v) is 3.79. The van der Waals surface area contributed by atoms with Crippen LogP contribution in [0.2, 0.25) is 0 Å². The van der Waals surface area contributed by atoms with Crippen LogP contribution in [0, 0.1) is 5.82 Å². The predicted molar refractivity (Wildman–Crippen MR) is 84.1 cm³/mol. The van der Waals surface area contributed by atoms with Crippen molar-refractivity contribution in [1.29, 1.82) is 0 Å². The van der Waals surface area contributed by atoms with Crippen LogP contribution in [-0.4, -0.2) is 39.4 Å². The third kappa shape index (κ3) is 3.03. The summed E-state index contributed by atoms with van der Waals surface area (Å²) in [7, 11) is 0. The van der Waals surface area contributed by atoms with Gasteiger partial charge < -0.3 is 15.8 Å². The lowest BCUT2D eigenvalue weighted by molar-refractivity contribution is -0.118. The molecule has 3 heterocycles. The van der Waals surface area contributed by atoms with Crippen LogP contribution in [0.15, 0.2) is 35.7 Å². The number of carbonyl (C=O) groups excluding carboxylic acids is 1. The molecule has 2 aromatic heterocycles. The number of amides is 1. The number of hydrogen-bond acceptors (Lipinski definition) is 7. The van der Waals surface area contributed by atoms with Gasteiger partial charge in [0, 0.05) is 12.4 Å². The first-order chi connectivity index (χ1) is 12.2. The molecule has 0 fully saturated rings. The van der Waals surface area contributed by atoms with Crippen molar-refractivity contribution < 1.29 is 22.7 Å². The summed E-state index contributed by atoms with van der Waals surface area (Å²) in [5, 5.41) is 2.35. The first-order valence-corrected chi connectivity index (χ1v) is 7.33. The molecule has 0 saturated carbocycles. The van der Waals surface area contributed by atoms with Crippen molar-refractivity contribution in [3.8, 4) is 0 Å². The number of halogens is 3. The fraction of sp³-hybridized carbons (Fsp3) is 0.267. The molecule has 8 nitrogen and oxygen atoms in total. The molecule has 0 aliphatic carbocycles. The first kappa shape index (κ1) is 17.6. The van der Waals surface area contributed by atoms with Crippen molar-refractivity contribution in [2.45, 2.75) is 18.4 Å². The average molecular weight is 366 g/mol. The molecule has 3 N–H and O–H groups in total. The van der Waals surface area contributed by atoms with Crippen LogP contribution in [0.25, 0.3) is 0 Å². The van der Waals surface area contributed by atoms with E-state index < -0.39 is 41.5 Å². The summed E-state index contributed by atoms with van der Waals surface area (Å²) in [5.74, 6) is -5.44. The van der Waals surface area contributed by atoms with E-state index in [1.165, 1.54) is 18.6 Å². The normalized spacial score (nSPS) is 21.5. The highest BCUT2D eigenvalue weighted by Gasteiger charge is 2.57. The Morgan fingerprint density at radius 1 is 1.35 bits per heavy atom. The molecule has 2 aromatic rings. The van der Waals surface area contributed by atoms with Crippen molar-refractivity contribution >= 4 is 17.7 Å². The number of aliphatic imine (C=N–C) groups is 1. The second-order valence-electron chi connectivity index (χ2n) is 5.59. The van der Waals surface area contributed by atoms with Gasteiger partial charge in [-0.3, -0.25) is 9.78 Å². The Balaban J connectivity index is 1.98. The Hall–Kier alpha value is -3.24. The SMILES string of the molecule is CC1(c2nc(NC(=O)c3cnccn3)ccc2F)N=C(N)OCC1(F)F. The van der Waals surface area contributed by atoms with Crippen LogP contribution in [0.5, 0.6) is 0 Å². The van der Waals surface area contributed by atoms with Crippen molar-refractivity contribution in [1.82, 2.24) is 15.0 Å². The molecule has 0 radical (unpaired) electrons. The maximum Gasteiger partial charge on any atom is 0.311 e. The molecule has 3 rings (SSSR count). The smallest absolute Gasteiger partial charge is 0.311 e. The van der Waals surface area contributed by atoms with E-state index in [4.69, 9.17) is 5.73 Å². The second-order valence-corrected chi connectivity index (χ2v) is 5.59. The highest BCUT2D eigenvalue weighted by molar-refractivity contribution is 6.02. The number of nitrogens with one attached hydrogen (secondary N) is 1. The van der Waals surface area contributed by atoms with E-state index in [0.29, 0.717) is 0 Å². The Morgan fingerprint density at radius 2 is 2.12 bits per heavy atom. The lowest BCUT2D eigenvalue weighted by Crippen LogP contribution is -2.51. The molecule has 0 bridgehead atoms. The molecular formula is C15H13F3N6O2. The highest BCUT2D eigenvalue weighted by atomic mass is 19.3. The Labute approximate surface area is 145 Å². The lowest BCUT2D eigenvalue weighted by Gasteiger charge is -2.36. The predicted octanol–water partition coefficient (Wildman–Crippen LogP) is 1.46. The van der Waals surface area contributed by atoms with Crippen LogP contribution < -0.4 is 11.1 Å². The number of ether oxygens (including phenoxy) is 1. The zero-order valence-corrected chi connectivity index (χ0v) is 13.4. The van der Waals surface area contributed by atoms with Crippen molar-refractivity contribution in [3.05, 3.63) is 47.9 Å². The summed E-state index contributed by atoms with van der Waals surface area (Å²) in [6, 6.07) is 1.52. The minimum absolute atomic E-state index is 0.0231. The molecule has 0 spiro atoms. The number of rotatable bonds is 3. The van der Waals surface area contributed by atoms with Crippen LogP contribution >= 0.6 is 0 Å². The summed E-state index contributed by atoms with van der Waals surface area (Å²) in [6.07, 6.45) is 3.89. The second kappa shape index (κ2) is 6.24. The van der Waals surface area contributed by atoms with Gasteiger partial charge in [0.25, 0.3) is 11.9 Å². The van der Waals surface area contributed by atoms with Crippen LogP contribution in [-0.2, 0) is 10.3 Å². The van der Waals surface area contributed by atoms with E-state index in [9.17, 15) is 18.0 Å². The maximum atomic E-state index is 14.4. The number of aromatic nitrogens is 3. The molecule has 1 atom stereocenters. The fourth-order valence-electron chi connectivity index (χ4n) is 2.32. The minimum Gasteiger partial charge on any atom is -0.459 e. The highest BCUT2D eigenvalue weighted by Crippen LogP contribution is 2.43. The van der Waals surface area contributed by atoms with Crippen molar-refractivity contribution in [2.75, 3.05) is 11.9 Å². The van der Waals surface area contributed by atoms with E-state index >= 15 is 0 Å². The molecule has 1 aliphatic heterocycles. The van der Waals surface area contributed by atoms with Gasteiger partial charge in [-0.05, 0) is 19.1 Å². The summed E-state index contributed by atoms with van der Waals surface area (Å²) in [6.45, 7) is -0.0851. The number of amidine groups is 1. The number of hydrogen-bond donors (Lipinski definition) is 2. The number of alkyl halides is 2. The van der Waals surface area contributed by atoms with Gasteiger partial charge >= 0.3 is 5.92 Å². The van der Waals surface area contributed by atoms with E-state index in [-0.39, 0.29) is 11.5 Å². The molecule has 0 aromatic carbocycles. The lowest BCUT2D eigenvalue weighted by atomic mass is 9.89. The van der Waals surface area contributed by atoms with Crippen molar-refractivity contribution in [3.63, 3.8) is 0 Å². The summed E-state index contributed by atoms with van der Waals surface area (Å²) < 4.78 is 47.5. The van der Waals surface area contributed by atoms with Crippen LogP contribution in [0.3, 0.4) is 0 Å². The monoisotopic (exact) mass is 366 g/mol. The molecule has 11 heteroatoms. The van der Waals surface area contributed by atoms with Crippen LogP contribution in [0.4, 0.5) is 19.0 Å². The van der Waals surface area contributed by atoms with Gasteiger partial charge in [-0.25, -0.2) is 19.4 Å². The average Bonchev–Trinajstić information content (AvgIpc) is 2.61. The number of nitrogens with two attached hydrogens (primary N) is 1. The van der Waals surface area contributed by atoms with E-state index in [0.717, 1.165) is 19.1 Å². The van der Waals surface area contributed by atoms with E-state index in [1.54, 1.807) is 0 Å². The van der Waals surface area contributed by atoms with Gasteiger partial charge in [0.05, 0.1) is 6.20 Å². The standard InChI is InChI=1S/C15H13F3N6O2/c1-14(15(17,18)7-26-13(19)24-14)11-8(16)2-3-10(22-11)23-12(25)9-6-20-4-5-21-9/h2-6H,7H2,1H3,(H2,19,24)(H,22,23,25). The van der Waals surface area contributed by atoms with Gasteiger partial charge in [0.2, 0.25) is 0 Å². The molecular weight excluding hydrogens is 353 g/mol. The third-order valence-electron chi connectivity index (χ3n) is 3.79. The largest absolute Gasteiger partial charge is 0.459 e. The maximum absolute atomic E-state index is 14.4. The number of anilines is 1. The fourth-order valence-corrected chi connectivity index (χ4v) is 2.32. The molecule has 1 unspecified atom stereocenters. The number of nitrogens with zero attached hydrogens (tertiary/aromatic N) is 4. The Bertz CT molecular complexity index is 877. The summed E-state index contributed by atoms with van der Waals surface area (Å²) in [4.78, 5) is 27.0. The first-order valence-electron chi connectivity index (χ1n) is 7.33. The molecule has 136 valence electrons. The van der Waals surface area contributed by atoms with Gasteiger partial charge in [-0.15, -0.1) is 0 Å². The molecule has 1 amide bonds. The number of pyridine rings is 1. The zero-order valence-electron chi connectivity index (χ0n) is 13.4. The van der Waals surface area contributed by atoms with Gasteiger partial charge in [-0.1, -0.05) is 0 Å². The topological polar surface area (TPSA) is 115 Å². The van der Waals surface area contributed by atoms with E-state index in [1.807, 2.05) is 0 Å². The quantitative estimate of drug-likeness (QED) is 0.850. The van der Waals surface area contributed by atoms with E-state index in [2.05, 4.69) is 30.0 Å². The van der Waals surface area contributed by atoms with Gasteiger partial charge in [0.1, 0.15) is 23.0 Å². The van der Waals surface area contributed by atoms with Gasteiger partial charge in [-0.2, -0.15) is 8.78 Å². The zero-order chi connectivity index (χ0) is 18.9. The summed E-state index contributed by atoms with van der Waals surface area (Å²) in [5.41, 5.74) is 2.28. The van der Waals surface area contributed by atoms with Crippen molar-refractivity contribution in [2.24, 2.45) is 10.7 Å². The van der Waals surface area contributed by atoms with Gasteiger partial charge in [0.15, 0.2) is 12.1 Å². The number of carbonyl (C=O) groups is 1.